The molecule has 0 saturated heterocycles. The minimum atomic E-state index is -2.00. The van der Waals surface area contributed by atoms with Crippen molar-refractivity contribution in [3.63, 3.8) is 0 Å². The Labute approximate surface area is 170 Å². The van der Waals surface area contributed by atoms with E-state index in [9.17, 15) is 0 Å². The Hall–Kier alpha value is -0.360. The summed E-state index contributed by atoms with van der Waals surface area (Å²) in [5, 5.41) is 3.25. The van der Waals surface area contributed by atoms with E-state index in [1.807, 2.05) is 5.20 Å². The van der Waals surface area contributed by atoms with Gasteiger partial charge in [0.05, 0.1) is 0 Å². The molecule has 1 heterocycles. The monoisotopic (exact) mass is 432 g/mol. The molecule has 2 aromatic rings. The molecule has 0 aliphatic carbocycles. The summed E-state index contributed by atoms with van der Waals surface area (Å²) in [4.78, 5) is 0. The predicted octanol–water partition coefficient (Wildman–Crippen LogP) is 5.66. The van der Waals surface area contributed by atoms with Crippen molar-refractivity contribution in [2.75, 3.05) is 0 Å². The van der Waals surface area contributed by atoms with E-state index >= 15 is 0 Å². The summed E-state index contributed by atoms with van der Waals surface area (Å²) in [6.45, 7) is 14.2. The Morgan fingerprint density at radius 2 is 1.19 bits per heavy atom. The molecule has 1 aliphatic heterocycles. The number of hydrogen-bond donors (Lipinski definition) is 0. The van der Waals surface area contributed by atoms with Crippen LogP contribution in [-0.4, -0.2) is 44.7 Å². The van der Waals surface area contributed by atoms with E-state index in [0.717, 1.165) is 0 Å². The molecule has 132 valence electrons. The first-order valence-electron chi connectivity index (χ1n) is 9.64. The molecule has 3 rings (SSSR count). The van der Waals surface area contributed by atoms with Crippen LogP contribution in [0.15, 0.2) is 65.9 Å². The van der Waals surface area contributed by atoms with Crippen LogP contribution < -0.4 is 0 Å². The first-order valence-corrected chi connectivity index (χ1v) is 23.5. The number of hydrogen-bond acceptors (Lipinski definition) is 0. The molecule has 0 radical (unpaired) electrons. The Morgan fingerprint density at radius 3 is 1.62 bits per heavy atom. The first kappa shape index (κ1) is 20.4. The van der Waals surface area contributed by atoms with Crippen molar-refractivity contribution in [1.82, 2.24) is 0 Å². The van der Waals surface area contributed by atoms with Crippen LogP contribution in [0.3, 0.4) is 0 Å². The summed E-state index contributed by atoms with van der Waals surface area (Å²) in [5.74, 6) is 0. The third kappa shape index (κ3) is 3.65. The third-order valence-corrected chi connectivity index (χ3v) is 37.5. The molecule has 26 heavy (non-hydrogen) atoms. The third-order valence-electron chi connectivity index (χ3n) is 6.00. The van der Waals surface area contributed by atoms with Gasteiger partial charge in [0.2, 0.25) is 0 Å². The van der Waals surface area contributed by atoms with Crippen molar-refractivity contribution in [3.05, 3.63) is 77.0 Å². The van der Waals surface area contributed by atoms with Crippen LogP contribution in [0.2, 0.25) is 44.5 Å². The van der Waals surface area contributed by atoms with Gasteiger partial charge >= 0.3 is 172 Å². The molecular formula is C22H30AsLiSi2. The van der Waals surface area contributed by atoms with Crippen molar-refractivity contribution >= 4 is 50.3 Å². The van der Waals surface area contributed by atoms with Gasteiger partial charge in [-0.25, -0.2) is 0 Å². The van der Waals surface area contributed by atoms with Gasteiger partial charge in [0.1, 0.15) is 0 Å². The molecule has 0 aromatic heterocycles. The van der Waals surface area contributed by atoms with E-state index in [0.29, 0.717) is 0 Å². The standard InChI is InChI=1S/C22H30AsSi2.Li/c1-24(2,3)20-17-23(25(4,5)6)22(19-15-11-8-12-16-19)21(20)18-13-9-7-10-14-18;/h7-16H,17H2,1-6H3;/q+1;-1. The van der Waals surface area contributed by atoms with Crippen LogP contribution in [0.5, 0.6) is 0 Å². The first-order chi connectivity index (χ1) is 12.1. The van der Waals surface area contributed by atoms with Crippen LogP contribution in [0.1, 0.15) is 11.1 Å². The van der Waals surface area contributed by atoms with E-state index in [1.165, 1.54) is 16.3 Å². The molecule has 0 saturated carbocycles. The van der Waals surface area contributed by atoms with Gasteiger partial charge in [0.15, 0.2) is 0 Å². The second kappa shape index (κ2) is 7.23. The summed E-state index contributed by atoms with van der Waals surface area (Å²) in [6.07, 6.45) is 0. The number of allylic oxidation sites excluding steroid dienone is 2. The van der Waals surface area contributed by atoms with Crippen molar-refractivity contribution in [3.8, 4) is 0 Å². The zero-order valence-electron chi connectivity index (χ0n) is 17.4. The van der Waals surface area contributed by atoms with E-state index < -0.39 is 24.8 Å². The van der Waals surface area contributed by atoms with Crippen molar-refractivity contribution in [2.24, 2.45) is 0 Å². The topological polar surface area (TPSA) is 0 Å². The molecule has 0 spiro atoms. The molecule has 1 atom stereocenters. The van der Waals surface area contributed by atoms with E-state index in [1.54, 1.807) is 9.88 Å². The summed E-state index contributed by atoms with van der Waals surface area (Å²) in [5.41, 5.74) is 4.59. The normalized spacial score (nSPS) is 21.5. The molecule has 1 aliphatic rings. The SMILES string of the molecule is [Li][As]1([Si](C)(C)C)=C(c2ccccc2)C(c2ccccc2)=C([Si](C)(C)C)C1. The summed E-state index contributed by atoms with van der Waals surface area (Å²) >= 11 is 2.73. The minimum absolute atomic E-state index is 1.27. The van der Waals surface area contributed by atoms with Crippen LogP contribution in [0.4, 0.5) is 0 Å². The molecule has 2 aromatic carbocycles. The zero-order valence-corrected chi connectivity index (χ0v) is 21.3. The Bertz CT molecular complexity index is 885. The Morgan fingerprint density at radius 1 is 0.731 bits per heavy atom. The zero-order chi connectivity index (χ0) is 19.2. The second-order valence-corrected chi connectivity index (χ2v) is 39.3. The summed E-state index contributed by atoms with van der Waals surface area (Å²) in [6, 6.07) is 22.6. The van der Waals surface area contributed by atoms with Crippen LogP contribution in [0, 0.1) is 0 Å². The van der Waals surface area contributed by atoms with Crippen molar-refractivity contribution in [1.29, 1.82) is 0 Å². The fourth-order valence-electron chi connectivity index (χ4n) is 3.99. The number of benzene rings is 2. The van der Waals surface area contributed by atoms with Gasteiger partial charge in [0.25, 0.3) is 0 Å². The number of rotatable bonds is 4. The molecule has 4 heteroatoms. The maximum atomic E-state index is 2.73. The van der Waals surface area contributed by atoms with E-state index in [2.05, 4.69) is 116 Å². The van der Waals surface area contributed by atoms with Gasteiger partial charge in [-0.1, -0.05) is 0 Å². The van der Waals surface area contributed by atoms with Gasteiger partial charge in [-0.3, -0.25) is 0 Å². The van der Waals surface area contributed by atoms with Gasteiger partial charge in [-0.2, -0.15) is 0 Å². The summed E-state index contributed by atoms with van der Waals surface area (Å²) in [7, 11) is -3.38. The average molecular weight is 433 g/mol. The van der Waals surface area contributed by atoms with Crippen molar-refractivity contribution in [2.45, 2.75) is 44.5 Å². The summed E-state index contributed by atoms with van der Waals surface area (Å²) < 4.78 is 1.78. The van der Waals surface area contributed by atoms with E-state index in [-0.39, 0.29) is 0 Å². The van der Waals surface area contributed by atoms with E-state index in [4.69, 9.17) is 0 Å². The van der Waals surface area contributed by atoms with Gasteiger partial charge in [-0.05, 0) is 0 Å². The molecule has 0 nitrogen and oxygen atoms in total. The van der Waals surface area contributed by atoms with Crippen molar-refractivity contribution < 1.29 is 0 Å². The predicted molar refractivity (Wildman–Crippen MR) is 127 cm³/mol. The fourth-order valence-corrected chi connectivity index (χ4v) is 26.7. The van der Waals surface area contributed by atoms with Gasteiger partial charge < -0.3 is 0 Å². The average Bonchev–Trinajstić information content (AvgIpc) is 2.91. The maximum absolute atomic E-state index is 2.73. The second-order valence-electron chi connectivity index (χ2n) is 9.70. The van der Waals surface area contributed by atoms with Gasteiger partial charge in [0, 0.05) is 0 Å². The Kier molecular flexibility index (Phi) is 5.67. The molecular weight excluding hydrogens is 402 g/mol. The Balaban J connectivity index is 2.42. The quantitative estimate of drug-likeness (QED) is 0.547. The van der Waals surface area contributed by atoms with Crippen LogP contribution in [0.25, 0.3) is 5.57 Å². The van der Waals surface area contributed by atoms with Crippen LogP contribution >= 0.6 is 0 Å². The molecule has 0 bridgehead atoms. The molecule has 0 amide bonds. The van der Waals surface area contributed by atoms with Gasteiger partial charge in [-0.15, -0.1) is 0 Å². The molecule has 1 unspecified atom stereocenters. The molecule has 0 N–H and O–H groups in total. The van der Waals surface area contributed by atoms with Crippen LogP contribution in [-0.2, 0) is 0 Å². The molecule has 0 fully saturated rings. The fraction of sp³-hybridized carbons (Fsp3) is 0.318.